The second kappa shape index (κ2) is 7.62. The number of ketones is 1. The SMILES string of the molecule is COc1cc(C2C3=C(OC4CCC(C)CC4C3=O)C(=O)N2c2nc(C)c(C)s2)ccc1O. The van der Waals surface area contributed by atoms with Crippen LogP contribution in [0.1, 0.15) is 48.4 Å². The van der Waals surface area contributed by atoms with Crippen LogP contribution in [0.5, 0.6) is 11.5 Å². The zero-order valence-electron chi connectivity index (χ0n) is 18.5. The largest absolute Gasteiger partial charge is 0.504 e. The quantitative estimate of drug-likeness (QED) is 0.747. The Hall–Kier alpha value is -2.87. The number of fused-ring (bicyclic) bond motifs is 1. The molecular weight excluding hydrogens is 428 g/mol. The lowest BCUT2D eigenvalue weighted by Gasteiger charge is -2.37. The molecule has 8 heteroatoms. The number of aryl methyl sites for hydroxylation is 2. The van der Waals surface area contributed by atoms with Crippen LogP contribution in [0.3, 0.4) is 0 Å². The lowest BCUT2D eigenvalue weighted by molar-refractivity contribution is -0.132. The molecule has 1 saturated carbocycles. The average Bonchev–Trinajstić information content (AvgIpc) is 3.25. The first kappa shape index (κ1) is 21.0. The number of amides is 1. The molecule has 0 bridgehead atoms. The van der Waals surface area contributed by atoms with Gasteiger partial charge in [0.25, 0.3) is 5.91 Å². The van der Waals surface area contributed by atoms with E-state index in [0.29, 0.717) is 22.2 Å². The second-order valence-electron chi connectivity index (χ2n) is 8.94. The number of ether oxygens (including phenoxy) is 2. The van der Waals surface area contributed by atoms with Crippen molar-refractivity contribution in [1.82, 2.24) is 4.98 Å². The van der Waals surface area contributed by atoms with Crippen LogP contribution in [0.4, 0.5) is 5.13 Å². The van der Waals surface area contributed by atoms with Gasteiger partial charge in [0.15, 0.2) is 28.2 Å². The highest BCUT2D eigenvalue weighted by molar-refractivity contribution is 7.15. The molecule has 1 N–H and O–H groups in total. The standard InChI is InChI=1S/C24H26N2O5S/c1-11-5-8-17-15(9-11)21(28)19-20(14-6-7-16(27)18(10-14)30-4)26(23(29)22(19)31-17)24-25-12(2)13(3)32-24/h6-7,10-11,15,17,20,27H,5,8-9H2,1-4H3. The number of phenols is 1. The number of aromatic nitrogens is 1. The summed E-state index contributed by atoms with van der Waals surface area (Å²) in [6, 6.07) is 4.23. The number of hydrogen-bond donors (Lipinski definition) is 1. The Labute approximate surface area is 190 Å². The first-order valence-electron chi connectivity index (χ1n) is 10.9. The smallest absolute Gasteiger partial charge is 0.296 e. The third kappa shape index (κ3) is 3.11. The Bertz CT molecular complexity index is 1130. The van der Waals surface area contributed by atoms with Gasteiger partial charge in [-0.2, -0.15) is 0 Å². The van der Waals surface area contributed by atoms with E-state index in [2.05, 4.69) is 11.9 Å². The van der Waals surface area contributed by atoms with Gasteiger partial charge in [0.2, 0.25) is 0 Å². The number of carbonyl (C=O) groups is 2. The third-order valence-corrected chi connectivity index (χ3v) is 7.92. The van der Waals surface area contributed by atoms with E-state index in [1.165, 1.54) is 24.5 Å². The number of hydrogen-bond acceptors (Lipinski definition) is 7. The zero-order valence-corrected chi connectivity index (χ0v) is 19.4. The van der Waals surface area contributed by atoms with Crippen LogP contribution in [0.25, 0.3) is 0 Å². The third-order valence-electron chi connectivity index (χ3n) is 6.85. The van der Waals surface area contributed by atoms with Gasteiger partial charge in [-0.1, -0.05) is 13.0 Å². The molecule has 1 fully saturated rings. The van der Waals surface area contributed by atoms with Crippen LogP contribution in [0.15, 0.2) is 29.5 Å². The fourth-order valence-electron chi connectivity index (χ4n) is 5.01. The lowest BCUT2D eigenvalue weighted by Crippen LogP contribution is -2.41. The minimum absolute atomic E-state index is 0.00495. The molecular formula is C24H26N2O5S. The normalized spacial score (nSPS) is 27.3. The Morgan fingerprint density at radius 3 is 2.72 bits per heavy atom. The molecule has 1 aromatic carbocycles. The number of anilines is 1. The van der Waals surface area contributed by atoms with E-state index in [-0.39, 0.29) is 41.0 Å². The molecule has 1 amide bonds. The maximum absolute atomic E-state index is 13.8. The number of phenolic OH excluding ortho intramolecular Hbond substituents is 1. The summed E-state index contributed by atoms with van der Waals surface area (Å²) < 4.78 is 11.5. The van der Waals surface area contributed by atoms with Crippen molar-refractivity contribution >= 4 is 28.2 Å². The molecule has 32 heavy (non-hydrogen) atoms. The van der Waals surface area contributed by atoms with Crippen molar-refractivity contribution in [1.29, 1.82) is 0 Å². The number of aromatic hydroxyl groups is 1. The molecule has 3 aliphatic rings. The summed E-state index contributed by atoms with van der Waals surface area (Å²) in [5, 5.41) is 10.6. The predicted octanol–water partition coefficient (Wildman–Crippen LogP) is 4.22. The van der Waals surface area contributed by atoms with Gasteiger partial charge in [-0.3, -0.25) is 14.5 Å². The van der Waals surface area contributed by atoms with Crippen LogP contribution in [-0.4, -0.2) is 35.0 Å². The summed E-state index contributed by atoms with van der Waals surface area (Å²) >= 11 is 1.42. The van der Waals surface area contributed by atoms with Crippen molar-refractivity contribution in [3.8, 4) is 11.5 Å². The number of nitrogens with zero attached hydrogens (tertiary/aromatic N) is 2. The van der Waals surface area contributed by atoms with Crippen molar-refractivity contribution in [3.05, 3.63) is 45.7 Å². The molecule has 0 saturated heterocycles. The Kier molecular flexibility index (Phi) is 5.00. The van der Waals surface area contributed by atoms with Crippen molar-refractivity contribution in [2.75, 3.05) is 12.0 Å². The molecule has 1 aromatic heterocycles. The first-order chi connectivity index (χ1) is 15.3. The molecule has 0 spiro atoms. The Morgan fingerprint density at radius 1 is 1.25 bits per heavy atom. The minimum Gasteiger partial charge on any atom is -0.504 e. The monoisotopic (exact) mass is 454 g/mol. The lowest BCUT2D eigenvalue weighted by atomic mass is 9.74. The number of rotatable bonds is 3. The van der Waals surface area contributed by atoms with Crippen LogP contribution in [0.2, 0.25) is 0 Å². The van der Waals surface area contributed by atoms with Crippen molar-refractivity contribution in [2.45, 2.75) is 52.2 Å². The van der Waals surface area contributed by atoms with Gasteiger partial charge in [-0.25, -0.2) is 4.98 Å². The summed E-state index contributed by atoms with van der Waals surface area (Å²) in [6.45, 7) is 6.02. The number of benzene rings is 1. The predicted molar refractivity (Wildman–Crippen MR) is 120 cm³/mol. The molecule has 2 aromatic rings. The summed E-state index contributed by atoms with van der Waals surface area (Å²) in [4.78, 5) is 34.6. The maximum atomic E-state index is 13.8. The molecule has 4 unspecified atom stereocenters. The van der Waals surface area contributed by atoms with E-state index in [4.69, 9.17) is 9.47 Å². The van der Waals surface area contributed by atoms with E-state index >= 15 is 0 Å². The van der Waals surface area contributed by atoms with Crippen molar-refractivity contribution in [3.63, 3.8) is 0 Å². The maximum Gasteiger partial charge on any atom is 0.296 e. The summed E-state index contributed by atoms with van der Waals surface area (Å²) in [6.07, 6.45) is 2.26. The molecule has 2 aliphatic heterocycles. The van der Waals surface area contributed by atoms with E-state index in [9.17, 15) is 14.7 Å². The minimum atomic E-state index is -0.678. The second-order valence-corrected chi connectivity index (χ2v) is 10.1. The van der Waals surface area contributed by atoms with Gasteiger partial charge < -0.3 is 14.6 Å². The highest BCUT2D eigenvalue weighted by Crippen LogP contribution is 2.50. The van der Waals surface area contributed by atoms with Gasteiger partial charge in [0, 0.05) is 4.88 Å². The average molecular weight is 455 g/mol. The van der Waals surface area contributed by atoms with Crippen LogP contribution in [-0.2, 0) is 14.3 Å². The number of thiazole rings is 1. The van der Waals surface area contributed by atoms with E-state index < -0.39 is 6.04 Å². The topological polar surface area (TPSA) is 89.0 Å². The van der Waals surface area contributed by atoms with E-state index in [1.807, 2.05) is 13.8 Å². The van der Waals surface area contributed by atoms with Crippen LogP contribution in [0, 0.1) is 25.7 Å². The summed E-state index contributed by atoms with van der Waals surface area (Å²) in [5.74, 6) is 0.269. The highest BCUT2D eigenvalue weighted by atomic mass is 32.1. The molecule has 7 nitrogen and oxygen atoms in total. The number of methoxy groups -OCH3 is 1. The van der Waals surface area contributed by atoms with Gasteiger partial charge >= 0.3 is 0 Å². The molecule has 5 rings (SSSR count). The fourth-order valence-corrected chi connectivity index (χ4v) is 5.95. The highest BCUT2D eigenvalue weighted by Gasteiger charge is 2.53. The Balaban J connectivity index is 1.67. The van der Waals surface area contributed by atoms with E-state index in [0.717, 1.165) is 29.8 Å². The molecule has 4 atom stereocenters. The number of Topliss-reactive ketones (excluding diaryl/α,β-unsaturated/α-hetero) is 1. The first-order valence-corrected chi connectivity index (χ1v) is 11.7. The van der Waals surface area contributed by atoms with Crippen molar-refractivity contribution < 1.29 is 24.2 Å². The van der Waals surface area contributed by atoms with Crippen LogP contribution < -0.4 is 9.64 Å². The van der Waals surface area contributed by atoms with Gasteiger partial charge in [0.05, 0.1) is 30.3 Å². The zero-order chi connectivity index (χ0) is 22.7. The van der Waals surface area contributed by atoms with Crippen molar-refractivity contribution in [2.24, 2.45) is 11.8 Å². The summed E-state index contributed by atoms with van der Waals surface area (Å²) in [5.41, 5.74) is 1.91. The van der Waals surface area contributed by atoms with Gasteiger partial charge in [-0.05, 0) is 56.7 Å². The summed E-state index contributed by atoms with van der Waals surface area (Å²) in [7, 11) is 1.47. The van der Waals surface area contributed by atoms with E-state index in [1.54, 1.807) is 17.0 Å². The number of carbonyl (C=O) groups excluding carboxylic acids is 2. The molecule has 0 radical (unpaired) electrons. The van der Waals surface area contributed by atoms with Gasteiger partial charge in [-0.15, -0.1) is 11.3 Å². The molecule has 1 aliphatic carbocycles. The molecule has 3 heterocycles. The van der Waals surface area contributed by atoms with Gasteiger partial charge in [0.1, 0.15) is 6.10 Å². The fraction of sp³-hybridized carbons (Fsp3) is 0.458. The molecule has 168 valence electrons. The Morgan fingerprint density at radius 2 is 2.03 bits per heavy atom. The van der Waals surface area contributed by atoms with Crippen LogP contribution >= 0.6 is 11.3 Å².